The number of phenolic OH excluding ortho intramolecular Hbond substituents is 1. The first kappa shape index (κ1) is 40.9. The molecule has 12 heteroatoms. The van der Waals surface area contributed by atoms with Crippen LogP contribution in [0, 0.1) is 5.92 Å². The van der Waals surface area contributed by atoms with E-state index in [4.69, 9.17) is 14.5 Å². The van der Waals surface area contributed by atoms with Crippen LogP contribution in [0.3, 0.4) is 0 Å². The highest BCUT2D eigenvalue weighted by Gasteiger charge is 2.13. The molecule has 4 aromatic rings. The number of nitrogens with zero attached hydrogens (tertiary/aromatic N) is 3. The fourth-order valence-corrected chi connectivity index (χ4v) is 4.95. The van der Waals surface area contributed by atoms with E-state index in [-0.39, 0.29) is 23.5 Å². The monoisotopic (exact) mass is 733 g/mol. The largest absolute Gasteiger partial charge is 0.508 e. The molecule has 0 fully saturated rings. The Labute approximate surface area is 317 Å². The maximum atomic E-state index is 12.8. The molecular formula is C42H51N7O5. The van der Waals surface area contributed by atoms with Gasteiger partial charge in [-0.1, -0.05) is 62.4 Å². The summed E-state index contributed by atoms with van der Waals surface area (Å²) in [6.45, 7) is 8.85. The Hall–Kier alpha value is -5.85. The van der Waals surface area contributed by atoms with E-state index in [1.807, 2.05) is 60.7 Å². The van der Waals surface area contributed by atoms with Crippen LogP contribution in [0.4, 0.5) is 11.4 Å². The van der Waals surface area contributed by atoms with Gasteiger partial charge in [-0.25, -0.2) is 0 Å². The zero-order valence-electron chi connectivity index (χ0n) is 31.3. The van der Waals surface area contributed by atoms with Crippen LogP contribution in [0.1, 0.15) is 53.5 Å². The molecule has 5 N–H and O–H groups in total. The molecule has 0 aliphatic carbocycles. The van der Waals surface area contributed by atoms with Crippen molar-refractivity contribution in [2.75, 3.05) is 56.7 Å². The molecular weight excluding hydrogens is 683 g/mol. The molecule has 0 saturated carbocycles. The van der Waals surface area contributed by atoms with Gasteiger partial charge in [0.05, 0.1) is 33.0 Å². The molecule has 12 nitrogen and oxygen atoms in total. The zero-order valence-corrected chi connectivity index (χ0v) is 31.3. The van der Waals surface area contributed by atoms with E-state index in [2.05, 4.69) is 45.1 Å². The van der Waals surface area contributed by atoms with E-state index in [1.165, 1.54) is 5.56 Å². The summed E-state index contributed by atoms with van der Waals surface area (Å²) in [4.78, 5) is 39.0. The van der Waals surface area contributed by atoms with Crippen LogP contribution >= 0.6 is 0 Å². The van der Waals surface area contributed by atoms with Crippen molar-refractivity contribution in [3.8, 4) is 5.75 Å². The summed E-state index contributed by atoms with van der Waals surface area (Å²) in [5.74, 6) is 1.43. The summed E-state index contributed by atoms with van der Waals surface area (Å²) in [5, 5.41) is 22.3. The van der Waals surface area contributed by atoms with Crippen LogP contribution in [0.25, 0.3) is 0 Å². The van der Waals surface area contributed by atoms with Crippen LogP contribution in [-0.2, 0) is 15.9 Å². The van der Waals surface area contributed by atoms with Crippen molar-refractivity contribution in [3.63, 3.8) is 0 Å². The molecule has 0 spiro atoms. The number of amides is 2. The summed E-state index contributed by atoms with van der Waals surface area (Å²) in [5.41, 5.74) is 3.83. The number of amidine groups is 2. The minimum Gasteiger partial charge on any atom is -0.508 e. The third-order valence-corrected chi connectivity index (χ3v) is 8.17. The third-order valence-electron chi connectivity index (χ3n) is 8.17. The first-order valence-corrected chi connectivity index (χ1v) is 18.2. The normalized spacial score (nSPS) is 12.5. The second-order valence-corrected chi connectivity index (χ2v) is 12.4. The average molecular weight is 734 g/mol. The summed E-state index contributed by atoms with van der Waals surface area (Å²) in [6, 6.07) is 33.0. The summed E-state index contributed by atoms with van der Waals surface area (Å²) in [6.07, 6.45) is 1.58. The van der Waals surface area contributed by atoms with E-state index in [9.17, 15) is 14.7 Å². The molecule has 1 unspecified atom stereocenters. The van der Waals surface area contributed by atoms with Crippen molar-refractivity contribution in [2.24, 2.45) is 20.9 Å². The smallest absolute Gasteiger partial charge is 0.251 e. The Kier molecular flexibility index (Phi) is 17.4. The van der Waals surface area contributed by atoms with Crippen LogP contribution < -0.4 is 21.3 Å². The number of ether oxygens (including phenoxy) is 2. The number of anilines is 2. The van der Waals surface area contributed by atoms with E-state index < -0.39 is 0 Å². The van der Waals surface area contributed by atoms with Crippen LogP contribution in [0.2, 0.25) is 0 Å². The Morgan fingerprint density at radius 2 is 1.26 bits per heavy atom. The molecule has 0 bridgehead atoms. The van der Waals surface area contributed by atoms with Gasteiger partial charge < -0.3 is 35.8 Å². The lowest BCUT2D eigenvalue weighted by molar-refractivity contribution is 0.0512. The van der Waals surface area contributed by atoms with Gasteiger partial charge >= 0.3 is 0 Å². The molecule has 0 aliphatic heterocycles. The summed E-state index contributed by atoms with van der Waals surface area (Å²) >= 11 is 0. The van der Waals surface area contributed by atoms with Crippen molar-refractivity contribution in [1.29, 1.82) is 0 Å². The first-order valence-electron chi connectivity index (χ1n) is 18.2. The van der Waals surface area contributed by atoms with Crippen molar-refractivity contribution < 1.29 is 24.2 Å². The average Bonchev–Trinajstić information content (AvgIpc) is 3.19. The van der Waals surface area contributed by atoms with Crippen molar-refractivity contribution in [1.82, 2.24) is 10.6 Å². The minimum atomic E-state index is -0.131. The lowest BCUT2D eigenvalue weighted by Gasteiger charge is -2.17. The number of phenols is 1. The van der Waals surface area contributed by atoms with Gasteiger partial charge in [0.2, 0.25) is 5.96 Å². The van der Waals surface area contributed by atoms with E-state index in [1.54, 1.807) is 55.5 Å². The summed E-state index contributed by atoms with van der Waals surface area (Å²) < 4.78 is 11.2. The highest BCUT2D eigenvalue weighted by atomic mass is 16.5. The molecule has 2 amide bonds. The number of guanidine groups is 1. The second kappa shape index (κ2) is 22.9. The fraction of sp³-hybridized carbons (Fsp3) is 0.310. The van der Waals surface area contributed by atoms with Gasteiger partial charge in [0.25, 0.3) is 11.8 Å². The molecule has 4 rings (SSSR count). The Bertz CT molecular complexity index is 1810. The maximum Gasteiger partial charge on any atom is 0.251 e. The molecule has 0 aliphatic rings. The van der Waals surface area contributed by atoms with Crippen LogP contribution in [0.15, 0.2) is 124 Å². The van der Waals surface area contributed by atoms with Gasteiger partial charge in [0.15, 0.2) is 0 Å². The van der Waals surface area contributed by atoms with Crippen LogP contribution in [-0.4, -0.2) is 80.6 Å². The number of hydrogen-bond acceptors (Lipinski definition) is 6. The number of benzene rings is 4. The zero-order chi connectivity index (χ0) is 38.4. The SMILES string of the molecule is CCC(C)C(=NC(=NC(C)=NCCOCCOCCNC(=O)c1ccccc1)Nc1ccc(O)cc1)Nc1ccc(C(=O)NCCc2ccccc2)cc1. The first-order chi connectivity index (χ1) is 26.3. The van der Waals surface area contributed by atoms with Gasteiger partial charge in [-0.15, -0.1) is 0 Å². The van der Waals surface area contributed by atoms with Gasteiger partial charge in [-0.05, 0) is 86.0 Å². The molecule has 1 atom stereocenters. The van der Waals surface area contributed by atoms with E-state index >= 15 is 0 Å². The topological polar surface area (TPSA) is 158 Å². The number of carbonyl (C=O) groups is 2. The predicted octanol–water partition coefficient (Wildman–Crippen LogP) is 6.57. The number of rotatable bonds is 18. The number of carbonyl (C=O) groups excluding carboxylic acids is 2. The Morgan fingerprint density at radius 3 is 1.93 bits per heavy atom. The number of hydrogen-bond donors (Lipinski definition) is 5. The highest BCUT2D eigenvalue weighted by Crippen LogP contribution is 2.16. The molecule has 4 aromatic carbocycles. The van der Waals surface area contributed by atoms with E-state index in [0.717, 1.165) is 18.5 Å². The quantitative estimate of drug-likeness (QED) is 0.0335. The van der Waals surface area contributed by atoms with Gasteiger partial charge in [0, 0.05) is 41.5 Å². The number of aliphatic imine (C=N–C) groups is 3. The Balaban J connectivity index is 1.31. The lowest BCUT2D eigenvalue weighted by atomic mass is 10.1. The number of aromatic hydroxyl groups is 1. The van der Waals surface area contributed by atoms with E-state index in [0.29, 0.717) is 80.5 Å². The molecule has 284 valence electrons. The molecule has 0 saturated heterocycles. The van der Waals surface area contributed by atoms with Gasteiger partial charge in [-0.2, -0.15) is 9.98 Å². The molecule has 54 heavy (non-hydrogen) atoms. The second-order valence-electron chi connectivity index (χ2n) is 12.4. The lowest BCUT2D eigenvalue weighted by Crippen LogP contribution is -2.27. The molecule has 0 radical (unpaired) electrons. The van der Waals surface area contributed by atoms with Gasteiger partial charge in [0.1, 0.15) is 17.4 Å². The predicted molar refractivity (Wildman–Crippen MR) is 217 cm³/mol. The highest BCUT2D eigenvalue weighted by molar-refractivity contribution is 6.11. The minimum absolute atomic E-state index is 0.0470. The fourth-order valence-electron chi connectivity index (χ4n) is 4.95. The van der Waals surface area contributed by atoms with Crippen molar-refractivity contribution in [3.05, 3.63) is 126 Å². The Morgan fingerprint density at radius 1 is 0.685 bits per heavy atom. The van der Waals surface area contributed by atoms with Crippen molar-refractivity contribution >= 4 is 40.8 Å². The van der Waals surface area contributed by atoms with Crippen LogP contribution in [0.5, 0.6) is 5.75 Å². The number of nitrogens with one attached hydrogen (secondary N) is 4. The standard InChI is InChI=1S/C42H51N7O5/c1-4-31(2)39(47-36-17-15-35(16-18-36)41(52)44-24-23-33-11-7-5-8-12-33)49-42(48-37-19-21-38(50)22-20-37)46-32(3)43-25-27-53-29-30-54-28-26-45-40(51)34-13-9-6-10-14-34/h5-22,31,50H,4,23-30H2,1-3H3,(H,44,52)(H,45,51)(H2,43,46,47,48,49). The third kappa shape index (κ3) is 15.0. The summed E-state index contributed by atoms with van der Waals surface area (Å²) in [7, 11) is 0. The van der Waals surface area contributed by atoms with Crippen molar-refractivity contribution in [2.45, 2.75) is 33.6 Å². The maximum absolute atomic E-state index is 12.8. The van der Waals surface area contributed by atoms with Gasteiger partial charge in [-0.3, -0.25) is 14.6 Å². The molecule has 0 heterocycles. The molecule has 0 aromatic heterocycles.